The van der Waals surface area contributed by atoms with E-state index in [0.717, 1.165) is 38.0 Å². The van der Waals surface area contributed by atoms with Gasteiger partial charge in [0.2, 0.25) is 5.78 Å². The molecule has 0 unspecified atom stereocenters. The number of ether oxygens (including phenoxy) is 2. The van der Waals surface area contributed by atoms with Gasteiger partial charge in [-0.05, 0) is 49.6 Å². The minimum Gasteiger partial charge on any atom is -0.494 e. The molecule has 1 aliphatic heterocycles. The normalized spacial score (nSPS) is 14.5. The predicted molar refractivity (Wildman–Crippen MR) is 74.4 cm³/mol. The van der Waals surface area contributed by atoms with Crippen LogP contribution < -0.4 is 4.74 Å². The molecule has 0 spiro atoms. The van der Waals surface area contributed by atoms with Crippen molar-refractivity contribution in [1.82, 2.24) is 0 Å². The standard InChI is InChI=1S/C16H20O3/c1-2-3-11-18-14-9-7-13(8-10-14)16(17)15-6-4-5-12-19-15/h6-10H,2-5,11-12H2,1H3. The molecule has 0 aliphatic carbocycles. The summed E-state index contributed by atoms with van der Waals surface area (Å²) in [4.78, 5) is 12.1. The average Bonchev–Trinajstić information content (AvgIpc) is 2.48. The number of rotatable bonds is 6. The number of benzene rings is 1. The van der Waals surface area contributed by atoms with Crippen molar-refractivity contribution in [2.24, 2.45) is 0 Å². The molecule has 1 aliphatic rings. The topological polar surface area (TPSA) is 35.5 Å². The first-order valence-electron chi connectivity index (χ1n) is 6.92. The maximum atomic E-state index is 12.1. The maximum absolute atomic E-state index is 12.1. The number of hydrogen-bond donors (Lipinski definition) is 0. The van der Waals surface area contributed by atoms with Crippen molar-refractivity contribution in [3.8, 4) is 5.75 Å². The highest BCUT2D eigenvalue weighted by Gasteiger charge is 2.15. The van der Waals surface area contributed by atoms with Crippen LogP contribution in [0, 0.1) is 0 Å². The van der Waals surface area contributed by atoms with Gasteiger partial charge in [-0.15, -0.1) is 0 Å². The number of allylic oxidation sites excluding steroid dienone is 2. The van der Waals surface area contributed by atoms with E-state index in [2.05, 4.69) is 6.92 Å². The van der Waals surface area contributed by atoms with Gasteiger partial charge in [-0.3, -0.25) is 4.79 Å². The van der Waals surface area contributed by atoms with Gasteiger partial charge in [-0.2, -0.15) is 0 Å². The fourth-order valence-electron chi connectivity index (χ4n) is 1.89. The summed E-state index contributed by atoms with van der Waals surface area (Å²) >= 11 is 0. The highest BCUT2D eigenvalue weighted by atomic mass is 16.5. The van der Waals surface area contributed by atoms with Crippen LogP contribution in [0.1, 0.15) is 43.0 Å². The number of Topliss-reactive ketones (excluding diaryl/α,β-unsaturated/α-hetero) is 1. The smallest absolute Gasteiger partial charge is 0.227 e. The van der Waals surface area contributed by atoms with E-state index in [1.165, 1.54) is 0 Å². The average molecular weight is 260 g/mol. The number of carbonyl (C=O) groups excluding carboxylic acids is 1. The highest BCUT2D eigenvalue weighted by Crippen LogP contribution is 2.18. The maximum Gasteiger partial charge on any atom is 0.227 e. The molecule has 0 amide bonds. The second-order valence-electron chi connectivity index (χ2n) is 4.61. The van der Waals surface area contributed by atoms with Crippen molar-refractivity contribution >= 4 is 5.78 Å². The second kappa shape index (κ2) is 6.98. The van der Waals surface area contributed by atoms with E-state index >= 15 is 0 Å². The third-order valence-corrected chi connectivity index (χ3v) is 3.04. The van der Waals surface area contributed by atoms with E-state index in [1.807, 2.05) is 18.2 Å². The first-order valence-corrected chi connectivity index (χ1v) is 6.92. The van der Waals surface area contributed by atoms with Gasteiger partial charge in [0, 0.05) is 5.56 Å². The quantitative estimate of drug-likeness (QED) is 0.577. The SMILES string of the molecule is CCCCOc1ccc(C(=O)C2=CCCCO2)cc1. The lowest BCUT2D eigenvalue weighted by atomic mass is 10.1. The molecule has 0 bridgehead atoms. The zero-order valence-corrected chi connectivity index (χ0v) is 11.4. The summed E-state index contributed by atoms with van der Waals surface area (Å²) in [7, 11) is 0. The summed E-state index contributed by atoms with van der Waals surface area (Å²) < 4.78 is 11.0. The Morgan fingerprint density at radius 3 is 2.74 bits per heavy atom. The number of unbranched alkanes of at least 4 members (excludes halogenated alkanes) is 1. The Bertz CT molecular complexity index is 446. The Hall–Kier alpha value is -1.77. The number of carbonyl (C=O) groups is 1. The highest BCUT2D eigenvalue weighted by molar-refractivity contribution is 6.07. The van der Waals surface area contributed by atoms with E-state index < -0.39 is 0 Å². The zero-order valence-electron chi connectivity index (χ0n) is 11.4. The van der Waals surface area contributed by atoms with Crippen molar-refractivity contribution in [3.63, 3.8) is 0 Å². The fraction of sp³-hybridized carbons (Fsp3) is 0.438. The van der Waals surface area contributed by atoms with Gasteiger partial charge in [-0.25, -0.2) is 0 Å². The van der Waals surface area contributed by atoms with Crippen LogP contribution in [0.15, 0.2) is 36.1 Å². The molecular weight excluding hydrogens is 240 g/mol. The Kier molecular flexibility index (Phi) is 5.01. The summed E-state index contributed by atoms with van der Waals surface area (Å²) in [5.41, 5.74) is 0.649. The van der Waals surface area contributed by atoms with Crippen LogP contribution in [0.3, 0.4) is 0 Å². The lowest BCUT2D eigenvalue weighted by Gasteiger charge is -2.13. The first-order chi connectivity index (χ1) is 9.31. The van der Waals surface area contributed by atoms with Crippen molar-refractivity contribution in [2.75, 3.05) is 13.2 Å². The first kappa shape index (κ1) is 13.7. The molecule has 0 N–H and O–H groups in total. The largest absolute Gasteiger partial charge is 0.494 e. The van der Waals surface area contributed by atoms with E-state index in [0.29, 0.717) is 17.9 Å². The predicted octanol–water partition coefficient (Wildman–Crippen LogP) is 3.74. The Morgan fingerprint density at radius 2 is 2.11 bits per heavy atom. The van der Waals surface area contributed by atoms with E-state index in [-0.39, 0.29) is 5.78 Å². The van der Waals surface area contributed by atoms with Crippen LogP contribution in [-0.2, 0) is 4.74 Å². The van der Waals surface area contributed by atoms with E-state index in [4.69, 9.17) is 9.47 Å². The van der Waals surface area contributed by atoms with Gasteiger partial charge in [0.25, 0.3) is 0 Å². The molecule has 1 aromatic carbocycles. The molecule has 102 valence electrons. The van der Waals surface area contributed by atoms with Crippen LogP contribution in [0.5, 0.6) is 5.75 Å². The monoisotopic (exact) mass is 260 g/mol. The molecule has 19 heavy (non-hydrogen) atoms. The molecule has 3 nitrogen and oxygen atoms in total. The molecule has 0 fully saturated rings. The lowest BCUT2D eigenvalue weighted by Crippen LogP contribution is -2.11. The minimum atomic E-state index is -0.0418. The Labute approximate surface area is 114 Å². The van der Waals surface area contributed by atoms with Crippen LogP contribution in [0.4, 0.5) is 0 Å². The van der Waals surface area contributed by atoms with Gasteiger partial charge in [0.05, 0.1) is 13.2 Å². The van der Waals surface area contributed by atoms with Crippen LogP contribution in [-0.4, -0.2) is 19.0 Å². The van der Waals surface area contributed by atoms with Crippen LogP contribution in [0.2, 0.25) is 0 Å². The molecule has 3 heteroatoms. The van der Waals surface area contributed by atoms with Crippen LogP contribution >= 0.6 is 0 Å². The molecular formula is C16H20O3. The lowest BCUT2D eigenvalue weighted by molar-refractivity contribution is 0.0899. The molecule has 0 saturated carbocycles. The Morgan fingerprint density at radius 1 is 1.32 bits per heavy atom. The van der Waals surface area contributed by atoms with Gasteiger partial charge >= 0.3 is 0 Å². The molecule has 0 saturated heterocycles. The zero-order chi connectivity index (χ0) is 13.5. The van der Waals surface area contributed by atoms with Gasteiger partial charge in [0.15, 0.2) is 5.76 Å². The second-order valence-corrected chi connectivity index (χ2v) is 4.61. The minimum absolute atomic E-state index is 0.0418. The molecule has 0 radical (unpaired) electrons. The fourth-order valence-corrected chi connectivity index (χ4v) is 1.89. The van der Waals surface area contributed by atoms with Gasteiger partial charge in [0.1, 0.15) is 5.75 Å². The van der Waals surface area contributed by atoms with Crippen molar-refractivity contribution in [2.45, 2.75) is 32.6 Å². The van der Waals surface area contributed by atoms with Crippen molar-refractivity contribution < 1.29 is 14.3 Å². The van der Waals surface area contributed by atoms with E-state index in [9.17, 15) is 4.79 Å². The number of hydrogen-bond acceptors (Lipinski definition) is 3. The van der Waals surface area contributed by atoms with Crippen LogP contribution in [0.25, 0.3) is 0 Å². The third kappa shape index (κ3) is 3.85. The summed E-state index contributed by atoms with van der Waals surface area (Å²) in [6.07, 6.45) is 5.93. The summed E-state index contributed by atoms with van der Waals surface area (Å²) in [6.45, 7) is 3.48. The Balaban J connectivity index is 1.97. The third-order valence-electron chi connectivity index (χ3n) is 3.04. The summed E-state index contributed by atoms with van der Waals surface area (Å²) in [5, 5.41) is 0. The molecule has 1 aromatic rings. The molecule has 1 heterocycles. The van der Waals surface area contributed by atoms with Gasteiger partial charge < -0.3 is 9.47 Å². The van der Waals surface area contributed by atoms with Crippen molar-refractivity contribution in [1.29, 1.82) is 0 Å². The molecule has 0 atom stereocenters. The number of ketones is 1. The summed E-state index contributed by atoms with van der Waals surface area (Å²) in [6, 6.07) is 7.27. The molecule has 2 rings (SSSR count). The van der Waals surface area contributed by atoms with Crippen molar-refractivity contribution in [3.05, 3.63) is 41.7 Å². The van der Waals surface area contributed by atoms with E-state index in [1.54, 1.807) is 12.1 Å². The summed E-state index contributed by atoms with van der Waals surface area (Å²) in [5.74, 6) is 1.24. The molecule has 0 aromatic heterocycles. The van der Waals surface area contributed by atoms with Gasteiger partial charge in [-0.1, -0.05) is 13.3 Å².